The number of fused-ring (bicyclic) bond motifs is 1. The van der Waals surface area contributed by atoms with Crippen molar-refractivity contribution in [1.82, 2.24) is 14.9 Å². The van der Waals surface area contributed by atoms with Gasteiger partial charge in [0.05, 0.1) is 11.1 Å². The monoisotopic (exact) mass is 444 g/mol. The summed E-state index contributed by atoms with van der Waals surface area (Å²) in [7, 11) is 2.05. The number of thiophene rings is 1. The molecule has 1 N–H and O–H groups in total. The van der Waals surface area contributed by atoms with Crippen LogP contribution >= 0.6 is 23.1 Å². The minimum Gasteiger partial charge on any atom is -0.375 e. The summed E-state index contributed by atoms with van der Waals surface area (Å²) in [5, 5.41) is 4.27. The number of carbonyl (C=O) groups excluding carboxylic acids is 1. The molecule has 0 spiro atoms. The average Bonchev–Trinajstić information content (AvgIpc) is 3.03. The number of nitrogens with zero attached hydrogens (tertiary/aromatic N) is 3. The second-order valence-electron chi connectivity index (χ2n) is 7.16. The standard InChI is InChI=1S/C22H28N4O2S2/c1-5-26-21(28)19-15(2)16(3)30-20(19)24-22(26)29-14-18(27)23-12-9-13-25(4)17-10-7-6-8-11-17/h6-8,10-11H,5,9,12-14H2,1-4H3,(H,23,27). The molecule has 1 amide bonds. The van der Waals surface area contributed by atoms with Crippen LogP contribution in [-0.4, -0.2) is 41.3 Å². The van der Waals surface area contributed by atoms with Crippen molar-refractivity contribution in [2.75, 3.05) is 30.8 Å². The Morgan fingerprint density at radius 2 is 2.00 bits per heavy atom. The number of amides is 1. The Morgan fingerprint density at radius 1 is 1.27 bits per heavy atom. The molecule has 0 unspecified atom stereocenters. The van der Waals surface area contributed by atoms with Gasteiger partial charge >= 0.3 is 0 Å². The first-order valence-electron chi connectivity index (χ1n) is 10.1. The van der Waals surface area contributed by atoms with Crippen molar-refractivity contribution in [3.8, 4) is 0 Å². The van der Waals surface area contributed by atoms with E-state index in [2.05, 4.69) is 27.3 Å². The van der Waals surface area contributed by atoms with E-state index < -0.39 is 0 Å². The third-order valence-corrected chi connectivity index (χ3v) is 7.17. The Labute approximate surface area is 185 Å². The van der Waals surface area contributed by atoms with Crippen molar-refractivity contribution >= 4 is 44.9 Å². The summed E-state index contributed by atoms with van der Waals surface area (Å²) in [4.78, 5) is 33.8. The molecular weight excluding hydrogens is 416 g/mol. The summed E-state index contributed by atoms with van der Waals surface area (Å²) in [5.41, 5.74) is 2.15. The minimum atomic E-state index is -0.0436. The van der Waals surface area contributed by atoms with E-state index in [0.29, 0.717) is 23.6 Å². The zero-order chi connectivity index (χ0) is 21.7. The summed E-state index contributed by atoms with van der Waals surface area (Å²) in [6.07, 6.45) is 0.861. The topological polar surface area (TPSA) is 67.2 Å². The largest absolute Gasteiger partial charge is 0.375 e. The predicted molar refractivity (Wildman–Crippen MR) is 127 cm³/mol. The molecule has 2 heterocycles. The van der Waals surface area contributed by atoms with Crippen LogP contribution in [0.3, 0.4) is 0 Å². The van der Waals surface area contributed by atoms with Crippen LogP contribution < -0.4 is 15.8 Å². The van der Waals surface area contributed by atoms with Gasteiger partial charge in [0.2, 0.25) is 5.91 Å². The fraction of sp³-hybridized carbons (Fsp3) is 0.409. The van der Waals surface area contributed by atoms with Gasteiger partial charge in [-0.2, -0.15) is 0 Å². The van der Waals surface area contributed by atoms with E-state index in [1.165, 1.54) is 23.1 Å². The second-order valence-corrected chi connectivity index (χ2v) is 9.30. The smallest absolute Gasteiger partial charge is 0.263 e. The van der Waals surface area contributed by atoms with Gasteiger partial charge in [0.15, 0.2) is 5.16 Å². The molecular formula is C22H28N4O2S2. The third kappa shape index (κ3) is 5.05. The van der Waals surface area contributed by atoms with Crippen molar-refractivity contribution in [2.24, 2.45) is 0 Å². The van der Waals surface area contributed by atoms with Crippen LogP contribution in [0.15, 0.2) is 40.3 Å². The SMILES string of the molecule is CCn1c(SCC(=O)NCCCN(C)c2ccccc2)nc2sc(C)c(C)c2c1=O. The fourth-order valence-electron chi connectivity index (χ4n) is 3.23. The second kappa shape index (κ2) is 10.1. The van der Waals surface area contributed by atoms with Gasteiger partial charge < -0.3 is 10.2 Å². The highest BCUT2D eigenvalue weighted by molar-refractivity contribution is 7.99. The molecule has 3 aromatic rings. The van der Waals surface area contributed by atoms with Crippen LogP contribution in [-0.2, 0) is 11.3 Å². The Hall–Kier alpha value is -2.32. The molecule has 0 saturated carbocycles. The molecule has 1 aromatic carbocycles. The van der Waals surface area contributed by atoms with Crippen LogP contribution in [0.5, 0.6) is 0 Å². The fourth-order valence-corrected chi connectivity index (χ4v) is 5.20. The summed E-state index contributed by atoms with van der Waals surface area (Å²) in [6.45, 7) is 7.91. The Kier molecular flexibility index (Phi) is 7.55. The zero-order valence-electron chi connectivity index (χ0n) is 17.9. The Balaban J connectivity index is 1.53. The van der Waals surface area contributed by atoms with Gasteiger partial charge in [0.1, 0.15) is 4.83 Å². The highest BCUT2D eigenvalue weighted by Gasteiger charge is 2.16. The number of nitrogens with one attached hydrogen (secondary N) is 1. The molecule has 0 aliphatic rings. The zero-order valence-corrected chi connectivity index (χ0v) is 19.5. The van der Waals surface area contributed by atoms with Gasteiger partial charge in [-0.3, -0.25) is 14.2 Å². The molecule has 8 heteroatoms. The highest BCUT2D eigenvalue weighted by atomic mass is 32.2. The number of aryl methyl sites for hydroxylation is 2. The quantitative estimate of drug-likeness (QED) is 0.309. The first-order valence-corrected chi connectivity index (χ1v) is 11.9. The lowest BCUT2D eigenvalue weighted by Gasteiger charge is -2.19. The van der Waals surface area contributed by atoms with Gasteiger partial charge in [0, 0.05) is 37.2 Å². The number of carbonyl (C=O) groups is 1. The molecule has 0 bridgehead atoms. The average molecular weight is 445 g/mol. The van der Waals surface area contributed by atoms with Crippen molar-refractivity contribution < 1.29 is 4.79 Å². The first-order chi connectivity index (χ1) is 14.4. The van der Waals surface area contributed by atoms with Gasteiger partial charge in [-0.15, -0.1) is 11.3 Å². The van der Waals surface area contributed by atoms with Crippen LogP contribution in [0, 0.1) is 13.8 Å². The minimum absolute atomic E-state index is 0.0174. The summed E-state index contributed by atoms with van der Waals surface area (Å²) >= 11 is 2.86. The number of para-hydroxylation sites is 1. The molecule has 0 aliphatic heterocycles. The van der Waals surface area contributed by atoms with E-state index in [-0.39, 0.29) is 17.2 Å². The Bertz CT molecular complexity index is 1080. The summed E-state index contributed by atoms with van der Waals surface area (Å²) in [6, 6.07) is 10.2. The number of anilines is 1. The molecule has 0 fully saturated rings. The van der Waals surface area contributed by atoms with Gasteiger partial charge in [-0.05, 0) is 44.9 Å². The van der Waals surface area contributed by atoms with E-state index in [4.69, 9.17) is 0 Å². The van der Waals surface area contributed by atoms with E-state index >= 15 is 0 Å². The molecule has 160 valence electrons. The molecule has 0 saturated heterocycles. The Morgan fingerprint density at radius 3 is 2.70 bits per heavy atom. The predicted octanol–water partition coefficient (Wildman–Crippen LogP) is 3.83. The summed E-state index contributed by atoms with van der Waals surface area (Å²) in [5.74, 6) is 0.202. The third-order valence-electron chi connectivity index (χ3n) is 5.09. The maximum atomic E-state index is 12.9. The van der Waals surface area contributed by atoms with Crippen molar-refractivity contribution in [1.29, 1.82) is 0 Å². The highest BCUT2D eigenvalue weighted by Crippen LogP contribution is 2.28. The lowest BCUT2D eigenvalue weighted by Crippen LogP contribution is -2.30. The molecule has 0 radical (unpaired) electrons. The van der Waals surface area contributed by atoms with Crippen LogP contribution in [0.2, 0.25) is 0 Å². The molecule has 3 rings (SSSR count). The molecule has 30 heavy (non-hydrogen) atoms. The van der Waals surface area contributed by atoms with E-state index in [1.807, 2.05) is 46.0 Å². The lowest BCUT2D eigenvalue weighted by atomic mass is 10.2. The molecule has 6 nitrogen and oxygen atoms in total. The number of aromatic nitrogens is 2. The van der Waals surface area contributed by atoms with Crippen LogP contribution in [0.1, 0.15) is 23.8 Å². The summed E-state index contributed by atoms with van der Waals surface area (Å²) < 4.78 is 1.66. The van der Waals surface area contributed by atoms with Crippen LogP contribution in [0.4, 0.5) is 5.69 Å². The van der Waals surface area contributed by atoms with E-state index in [0.717, 1.165) is 33.9 Å². The number of hydrogen-bond donors (Lipinski definition) is 1. The van der Waals surface area contributed by atoms with E-state index in [1.54, 1.807) is 4.57 Å². The van der Waals surface area contributed by atoms with Crippen molar-refractivity contribution in [3.63, 3.8) is 0 Å². The molecule has 0 atom stereocenters. The lowest BCUT2D eigenvalue weighted by molar-refractivity contribution is -0.118. The van der Waals surface area contributed by atoms with Crippen molar-refractivity contribution in [3.05, 3.63) is 51.1 Å². The number of hydrogen-bond acceptors (Lipinski definition) is 6. The van der Waals surface area contributed by atoms with Gasteiger partial charge in [0.25, 0.3) is 5.56 Å². The number of rotatable bonds is 9. The van der Waals surface area contributed by atoms with Gasteiger partial charge in [-0.25, -0.2) is 4.98 Å². The molecule has 0 aliphatic carbocycles. The van der Waals surface area contributed by atoms with Gasteiger partial charge in [-0.1, -0.05) is 30.0 Å². The first kappa shape index (κ1) is 22.4. The molecule has 2 aromatic heterocycles. The maximum absolute atomic E-state index is 12.9. The number of thioether (sulfide) groups is 1. The van der Waals surface area contributed by atoms with Crippen molar-refractivity contribution in [2.45, 2.75) is 38.9 Å². The van der Waals surface area contributed by atoms with Crippen LogP contribution in [0.25, 0.3) is 10.2 Å². The normalized spacial score (nSPS) is 11.1. The van der Waals surface area contributed by atoms with E-state index in [9.17, 15) is 9.59 Å². The number of benzene rings is 1. The maximum Gasteiger partial charge on any atom is 0.263 e.